The number of carbonyl (C=O) groups excluding carboxylic acids is 1. The van der Waals surface area contributed by atoms with Gasteiger partial charge in [0, 0.05) is 38.9 Å². The summed E-state index contributed by atoms with van der Waals surface area (Å²) in [7, 11) is 0. The molecule has 2 heterocycles. The van der Waals surface area contributed by atoms with Crippen molar-refractivity contribution < 1.29 is 14.3 Å². The first-order valence-corrected chi connectivity index (χ1v) is 8.52. The van der Waals surface area contributed by atoms with Gasteiger partial charge in [-0.25, -0.2) is 0 Å². The van der Waals surface area contributed by atoms with Crippen LogP contribution in [0.2, 0.25) is 0 Å². The van der Waals surface area contributed by atoms with Crippen LogP contribution in [0.4, 0.5) is 5.69 Å². The maximum Gasteiger partial charge on any atom is 0.221 e. The minimum Gasteiger partial charge on any atom is -0.377 e. The molecule has 5 heteroatoms. The van der Waals surface area contributed by atoms with Crippen LogP contribution in [0.3, 0.4) is 0 Å². The maximum absolute atomic E-state index is 11.3. The molecule has 1 amide bonds. The molecule has 0 radical (unpaired) electrons. The van der Waals surface area contributed by atoms with Gasteiger partial charge < -0.3 is 14.8 Å². The summed E-state index contributed by atoms with van der Waals surface area (Å²) < 4.78 is 11.3. The number of benzene rings is 1. The Labute approximate surface area is 137 Å². The van der Waals surface area contributed by atoms with Gasteiger partial charge in [0.25, 0.3) is 0 Å². The van der Waals surface area contributed by atoms with Crippen LogP contribution in [-0.4, -0.2) is 49.8 Å². The zero-order valence-corrected chi connectivity index (χ0v) is 13.8. The van der Waals surface area contributed by atoms with Gasteiger partial charge in [0.2, 0.25) is 5.91 Å². The average Bonchev–Trinajstić information content (AvgIpc) is 3.04. The number of anilines is 1. The summed E-state index contributed by atoms with van der Waals surface area (Å²) in [6.45, 7) is 6.78. The van der Waals surface area contributed by atoms with Crippen LogP contribution < -0.4 is 5.32 Å². The van der Waals surface area contributed by atoms with E-state index in [1.54, 1.807) is 6.92 Å². The van der Waals surface area contributed by atoms with Gasteiger partial charge in [-0.1, -0.05) is 12.1 Å². The van der Waals surface area contributed by atoms with Crippen molar-refractivity contribution in [3.05, 3.63) is 29.3 Å². The molecule has 1 atom stereocenters. The number of fused-ring (bicyclic) bond motifs is 1. The zero-order chi connectivity index (χ0) is 16.1. The molecule has 1 aromatic rings. The van der Waals surface area contributed by atoms with E-state index in [1.807, 2.05) is 12.1 Å². The number of nitrogens with zero attached hydrogens (tertiary/aromatic N) is 1. The third kappa shape index (κ3) is 4.53. The Balaban J connectivity index is 1.47. The predicted molar refractivity (Wildman–Crippen MR) is 89.5 cm³/mol. The highest BCUT2D eigenvalue weighted by molar-refractivity contribution is 5.89. The molecular weight excluding hydrogens is 292 g/mol. The molecule has 0 spiro atoms. The maximum atomic E-state index is 11.3. The number of rotatable bonds is 6. The first kappa shape index (κ1) is 16.4. The largest absolute Gasteiger partial charge is 0.377 e. The molecule has 1 aromatic carbocycles. The fourth-order valence-corrected chi connectivity index (χ4v) is 3.35. The number of nitrogens with one attached hydrogen (secondary N) is 1. The molecule has 0 bridgehead atoms. The van der Waals surface area contributed by atoms with Crippen molar-refractivity contribution in [3.63, 3.8) is 0 Å². The number of hydrogen-bond acceptors (Lipinski definition) is 4. The van der Waals surface area contributed by atoms with E-state index in [-0.39, 0.29) is 5.91 Å². The van der Waals surface area contributed by atoms with Gasteiger partial charge in [-0.2, -0.15) is 0 Å². The minimum atomic E-state index is -0.0108. The Kier molecular flexibility index (Phi) is 5.65. The van der Waals surface area contributed by atoms with E-state index < -0.39 is 0 Å². The Morgan fingerprint density at radius 1 is 1.48 bits per heavy atom. The summed E-state index contributed by atoms with van der Waals surface area (Å²) in [5.41, 5.74) is 3.55. The fourth-order valence-electron chi connectivity index (χ4n) is 3.35. The molecule has 3 rings (SSSR count). The topological polar surface area (TPSA) is 50.8 Å². The SMILES string of the molecule is CC(=O)Nc1cccc2c1CCN(CCOC[C@@H]1CCCO1)C2. The van der Waals surface area contributed by atoms with E-state index in [0.717, 1.165) is 64.4 Å². The molecule has 2 aliphatic rings. The monoisotopic (exact) mass is 318 g/mol. The first-order chi connectivity index (χ1) is 11.2. The number of ether oxygens (including phenoxy) is 2. The van der Waals surface area contributed by atoms with Crippen molar-refractivity contribution in [3.8, 4) is 0 Å². The predicted octanol–water partition coefficient (Wildman–Crippen LogP) is 2.20. The summed E-state index contributed by atoms with van der Waals surface area (Å²) in [5.74, 6) is -0.0108. The van der Waals surface area contributed by atoms with Crippen LogP contribution in [0.25, 0.3) is 0 Å². The van der Waals surface area contributed by atoms with E-state index in [0.29, 0.717) is 6.10 Å². The van der Waals surface area contributed by atoms with Gasteiger partial charge in [-0.05, 0) is 36.5 Å². The van der Waals surface area contributed by atoms with E-state index in [2.05, 4.69) is 16.3 Å². The van der Waals surface area contributed by atoms with Crippen LogP contribution in [0.1, 0.15) is 30.9 Å². The van der Waals surface area contributed by atoms with Crippen molar-refractivity contribution in [1.82, 2.24) is 4.90 Å². The van der Waals surface area contributed by atoms with Crippen LogP contribution in [0.15, 0.2) is 18.2 Å². The van der Waals surface area contributed by atoms with Gasteiger partial charge in [0.1, 0.15) is 0 Å². The van der Waals surface area contributed by atoms with Crippen molar-refractivity contribution in [2.75, 3.05) is 38.2 Å². The molecule has 0 saturated carbocycles. The summed E-state index contributed by atoms with van der Waals surface area (Å²) in [4.78, 5) is 13.7. The number of hydrogen-bond donors (Lipinski definition) is 1. The third-order valence-corrected chi connectivity index (χ3v) is 4.54. The van der Waals surface area contributed by atoms with Crippen LogP contribution in [0, 0.1) is 0 Å². The van der Waals surface area contributed by atoms with Crippen LogP contribution >= 0.6 is 0 Å². The second-order valence-corrected chi connectivity index (χ2v) is 6.36. The lowest BCUT2D eigenvalue weighted by atomic mass is 9.97. The second kappa shape index (κ2) is 7.90. The van der Waals surface area contributed by atoms with E-state index in [1.165, 1.54) is 11.1 Å². The summed E-state index contributed by atoms with van der Waals surface area (Å²) in [6.07, 6.45) is 3.56. The number of carbonyl (C=O) groups is 1. The van der Waals surface area contributed by atoms with Crippen molar-refractivity contribution >= 4 is 11.6 Å². The van der Waals surface area contributed by atoms with Gasteiger partial charge in [-0.15, -0.1) is 0 Å². The second-order valence-electron chi connectivity index (χ2n) is 6.36. The van der Waals surface area contributed by atoms with E-state index in [4.69, 9.17) is 9.47 Å². The molecular formula is C18H26N2O3. The quantitative estimate of drug-likeness (QED) is 0.817. The molecule has 5 nitrogen and oxygen atoms in total. The fraction of sp³-hybridized carbons (Fsp3) is 0.611. The summed E-state index contributed by atoms with van der Waals surface area (Å²) in [5, 5.41) is 2.94. The summed E-state index contributed by atoms with van der Waals surface area (Å²) in [6, 6.07) is 6.15. The molecule has 0 aromatic heterocycles. The molecule has 23 heavy (non-hydrogen) atoms. The molecule has 1 saturated heterocycles. The van der Waals surface area contributed by atoms with E-state index >= 15 is 0 Å². The van der Waals surface area contributed by atoms with Crippen molar-refractivity contribution in [2.45, 2.75) is 38.8 Å². The minimum absolute atomic E-state index is 0.0108. The Morgan fingerprint density at radius 3 is 3.17 bits per heavy atom. The Hall–Kier alpha value is -1.43. The lowest BCUT2D eigenvalue weighted by Crippen LogP contribution is -2.34. The Morgan fingerprint density at radius 2 is 2.39 bits per heavy atom. The number of amides is 1. The van der Waals surface area contributed by atoms with E-state index in [9.17, 15) is 4.79 Å². The highest BCUT2D eigenvalue weighted by atomic mass is 16.5. The van der Waals surface area contributed by atoms with Crippen LogP contribution in [0.5, 0.6) is 0 Å². The molecule has 126 valence electrons. The van der Waals surface area contributed by atoms with Crippen molar-refractivity contribution in [1.29, 1.82) is 0 Å². The first-order valence-electron chi connectivity index (χ1n) is 8.52. The molecule has 0 aliphatic carbocycles. The van der Waals surface area contributed by atoms with Gasteiger partial charge >= 0.3 is 0 Å². The molecule has 2 aliphatic heterocycles. The highest BCUT2D eigenvalue weighted by Gasteiger charge is 2.19. The van der Waals surface area contributed by atoms with Gasteiger partial charge in [-0.3, -0.25) is 9.69 Å². The lowest BCUT2D eigenvalue weighted by molar-refractivity contribution is -0.114. The normalized spacial score (nSPS) is 21.2. The molecule has 1 fully saturated rings. The lowest BCUT2D eigenvalue weighted by Gasteiger charge is -2.30. The molecule has 1 N–H and O–H groups in total. The zero-order valence-electron chi connectivity index (χ0n) is 13.8. The van der Waals surface area contributed by atoms with Crippen molar-refractivity contribution in [2.24, 2.45) is 0 Å². The summed E-state index contributed by atoms with van der Waals surface area (Å²) >= 11 is 0. The molecule has 0 unspecified atom stereocenters. The van der Waals surface area contributed by atoms with Crippen LogP contribution in [-0.2, 0) is 27.2 Å². The Bertz CT molecular complexity index is 541. The highest BCUT2D eigenvalue weighted by Crippen LogP contribution is 2.26. The van der Waals surface area contributed by atoms with Gasteiger partial charge in [0.15, 0.2) is 0 Å². The standard InChI is InChI=1S/C18H26N2O3/c1-14(21)19-18-6-2-4-15-12-20(8-7-17(15)18)9-11-22-13-16-5-3-10-23-16/h2,4,6,16H,3,5,7-13H2,1H3,(H,19,21)/t16-/m0/s1. The average molecular weight is 318 g/mol. The third-order valence-electron chi connectivity index (χ3n) is 4.54. The van der Waals surface area contributed by atoms with Gasteiger partial charge in [0.05, 0.1) is 19.3 Å². The smallest absolute Gasteiger partial charge is 0.221 e.